The number of aryl methyl sites for hydroxylation is 2. The molecule has 1 aliphatic heterocycles. The molecule has 0 amide bonds. The van der Waals surface area contributed by atoms with Gasteiger partial charge in [-0.15, -0.1) is 11.3 Å². The molecule has 4 rings (SSSR count). The Balaban J connectivity index is 1.75. The summed E-state index contributed by atoms with van der Waals surface area (Å²) < 4.78 is 13.8. The smallest absolute Gasteiger partial charge is 0.332 e. The van der Waals surface area contributed by atoms with E-state index in [1.54, 1.807) is 23.0 Å². The van der Waals surface area contributed by atoms with E-state index >= 15 is 0 Å². The van der Waals surface area contributed by atoms with Gasteiger partial charge in [-0.25, -0.2) is 4.79 Å². The van der Waals surface area contributed by atoms with Crippen LogP contribution in [0.4, 0.5) is 0 Å². The van der Waals surface area contributed by atoms with Crippen molar-refractivity contribution < 1.29 is 9.47 Å². The molecule has 1 saturated heterocycles. The van der Waals surface area contributed by atoms with E-state index in [4.69, 9.17) is 9.47 Å². The SMILES string of the molecule is COCCn1c(=O)n(CCc2ccccc2)c(=O)c2c(C)c(CN3CCOCC3)sc21. The van der Waals surface area contributed by atoms with Gasteiger partial charge in [0.05, 0.1) is 31.8 Å². The van der Waals surface area contributed by atoms with E-state index in [9.17, 15) is 9.59 Å². The van der Waals surface area contributed by atoms with Gasteiger partial charge in [0.25, 0.3) is 5.56 Å². The molecule has 3 heterocycles. The number of benzene rings is 1. The Morgan fingerprint density at radius 3 is 2.52 bits per heavy atom. The molecule has 8 heteroatoms. The molecule has 0 N–H and O–H groups in total. The van der Waals surface area contributed by atoms with E-state index in [0.29, 0.717) is 31.5 Å². The number of rotatable bonds is 8. The maximum atomic E-state index is 13.4. The maximum Gasteiger partial charge on any atom is 0.332 e. The molecule has 0 atom stereocenters. The number of fused-ring (bicyclic) bond motifs is 1. The Bertz CT molecular complexity index is 1140. The summed E-state index contributed by atoms with van der Waals surface area (Å²) in [5.41, 5.74) is 1.64. The van der Waals surface area contributed by atoms with Gasteiger partial charge in [-0.05, 0) is 24.5 Å². The van der Waals surface area contributed by atoms with Crippen LogP contribution >= 0.6 is 11.3 Å². The molecular formula is C23H29N3O4S. The average molecular weight is 444 g/mol. The van der Waals surface area contributed by atoms with Crippen LogP contribution in [0, 0.1) is 6.92 Å². The molecule has 1 aromatic carbocycles. The zero-order chi connectivity index (χ0) is 21.8. The molecule has 0 saturated carbocycles. The van der Waals surface area contributed by atoms with Crippen molar-refractivity contribution in [2.45, 2.75) is 33.0 Å². The lowest BCUT2D eigenvalue weighted by Crippen LogP contribution is -2.40. The summed E-state index contributed by atoms with van der Waals surface area (Å²) in [6.07, 6.45) is 0.635. The van der Waals surface area contributed by atoms with E-state index < -0.39 is 0 Å². The Labute approximate surface area is 185 Å². The van der Waals surface area contributed by atoms with Crippen molar-refractivity contribution in [3.8, 4) is 0 Å². The van der Waals surface area contributed by atoms with Crippen LogP contribution in [0.1, 0.15) is 16.0 Å². The molecule has 3 aromatic rings. The second-order valence-electron chi connectivity index (χ2n) is 7.84. The van der Waals surface area contributed by atoms with Gasteiger partial charge in [0.15, 0.2) is 0 Å². The van der Waals surface area contributed by atoms with Gasteiger partial charge in [0.1, 0.15) is 4.83 Å². The highest BCUT2D eigenvalue weighted by atomic mass is 32.1. The first-order chi connectivity index (χ1) is 15.1. The third-order valence-electron chi connectivity index (χ3n) is 5.85. The molecule has 1 aliphatic rings. The third kappa shape index (κ3) is 4.67. The minimum Gasteiger partial charge on any atom is -0.383 e. The molecule has 0 spiro atoms. The third-order valence-corrected chi connectivity index (χ3v) is 7.15. The number of methoxy groups -OCH3 is 1. The van der Waals surface area contributed by atoms with Crippen LogP contribution in [-0.2, 0) is 35.5 Å². The van der Waals surface area contributed by atoms with Crippen LogP contribution in [0.25, 0.3) is 10.2 Å². The molecule has 1 fully saturated rings. The van der Waals surface area contributed by atoms with Crippen molar-refractivity contribution in [1.82, 2.24) is 14.0 Å². The zero-order valence-corrected chi connectivity index (χ0v) is 19.0. The molecule has 31 heavy (non-hydrogen) atoms. The number of hydrogen-bond donors (Lipinski definition) is 0. The van der Waals surface area contributed by atoms with E-state index in [1.807, 2.05) is 37.3 Å². The van der Waals surface area contributed by atoms with Gasteiger partial charge in [-0.2, -0.15) is 0 Å². The predicted molar refractivity (Wildman–Crippen MR) is 123 cm³/mol. The predicted octanol–water partition coefficient (Wildman–Crippen LogP) is 2.25. The fourth-order valence-corrected chi connectivity index (χ4v) is 5.37. The van der Waals surface area contributed by atoms with Crippen LogP contribution in [-0.4, -0.2) is 54.1 Å². The number of aromatic nitrogens is 2. The monoisotopic (exact) mass is 443 g/mol. The van der Waals surface area contributed by atoms with Crippen LogP contribution in [0.15, 0.2) is 39.9 Å². The Kier molecular flexibility index (Phi) is 7.02. The summed E-state index contributed by atoms with van der Waals surface area (Å²) in [5.74, 6) is 0. The Morgan fingerprint density at radius 2 is 1.81 bits per heavy atom. The summed E-state index contributed by atoms with van der Waals surface area (Å²) >= 11 is 1.56. The molecule has 0 radical (unpaired) electrons. The number of thiophene rings is 1. The number of hydrogen-bond acceptors (Lipinski definition) is 6. The van der Waals surface area contributed by atoms with Crippen LogP contribution in [0.3, 0.4) is 0 Å². The summed E-state index contributed by atoms with van der Waals surface area (Å²) in [5, 5.41) is 0.664. The number of ether oxygens (including phenoxy) is 2. The van der Waals surface area contributed by atoms with E-state index in [2.05, 4.69) is 4.90 Å². The maximum absolute atomic E-state index is 13.4. The fraction of sp³-hybridized carbons (Fsp3) is 0.478. The standard InChI is InChI=1S/C23H29N3O4S/c1-17-19(16-24-10-14-30-15-11-24)31-22-20(17)21(27)25(23(28)26(22)12-13-29-2)9-8-18-6-4-3-5-7-18/h3-7H,8-16H2,1-2H3. The molecule has 2 aromatic heterocycles. The second kappa shape index (κ2) is 9.91. The zero-order valence-electron chi connectivity index (χ0n) is 18.1. The first kappa shape index (κ1) is 22.0. The minimum absolute atomic E-state index is 0.188. The van der Waals surface area contributed by atoms with Crippen molar-refractivity contribution in [3.63, 3.8) is 0 Å². The summed E-state index contributed by atoms with van der Waals surface area (Å²) in [6, 6.07) is 9.94. The lowest BCUT2D eigenvalue weighted by Gasteiger charge is -2.26. The molecule has 0 bridgehead atoms. The average Bonchev–Trinajstić information content (AvgIpc) is 3.11. The van der Waals surface area contributed by atoms with Crippen LogP contribution in [0.2, 0.25) is 0 Å². The summed E-state index contributed by atoms with van der Waals surface area (Å²) in [4.78, 5) is 30.9. The Morgan fingerprint density at radius 1 is 1.06 bits per heavy atom. The number of morpholine rings is 1. The summed E-state index contributed by atoms with van der Waals surface area (Å²) in [6.45, 7) is 7.20. The van der Waals surface area contributed by atoms with Gasteiger partial charge < -0.3 is 9.47 Å². The first-order valence-corrected chi connectivity index (χ1v) is 11.5. The van der Waals surface area contributed by atoms with E-state index in [0.717, 1.165) is 53.7 Å². The van der Waals surface area contributed by atoms with Crippen molar-refractivity contribution in [1.29, 1.82) is 0 Å². The molecule has 0 aliphatic carbocycles. The van der Waals surface area contributed by atoms with E-state index in [1.165, 1.54) is 4.57 Å². The van der Waals surface area contributed by atoms with Gasteiger partial charge >= 0.3 is 5.69 Å². The first-order valence-electron chi connectivity index (χ1n) is 10.7. The van der Waals surface area contributed by atoms with Gasteiger partial charge in [0.2, 0.25) is 0 Å². The van der Waals surface area contributed by atoms with Crippen molar-refractivity contribution in [3.05, 3.63) is 67.2 Å². The molecule has 166 valence electrons. The lowest BCUT2D eigenvalue weighted by molar-refractivity contribution is 0.0346. The summed E-state index contributed by atoms with van der Waals surface area (Å²) in [7, 11) is 1.62. The van der Waals surface area contributed by atoms with Gasteiger partial charge in [-0.3, -0.25) is 18.8 Å². The molecule has 0 unspecified atom stereocenters. The largest absolute Gasteiger partial charge is 0.383 e. The quantitative estimate of drug-likeness (QED) is 0.534. The normalized spacial score (nSPS) is 15.0. The van der Waals surface area contributed by atoms with Crippen LogP contribution < -0.4 is 11.2 Å². The topological polar surface area (TPSA) is 65.7 Å². The molecular weight excluding hydrogens is 414 g/mol. The fourth-order valence-electron chi connectivity index (χ4n) is 4.02. The van der Waals surface area contributed by atoms with Crippen molar-refractivity contribution in [2.75, 3.05) is 40.0 Å². The van der Waals surface area contributed by atoms with Crippen molar-refractivity contribution in [2.24, 2.45) is 0 Å². The highest BCUT2D eigenvalue weighted by Crippen LogP contribution is 2.29. The van der Waals surface area contributed by atoms with E-state index in [-0.39, 0.29) is 11.2 Å². The highest BCUT2D eigenvalue weighted by Gasteiger charge is 2.21. The lowest BCUT2D eigenvalue weighted by atomic mass is 10.1. The van der Waals surface area contributed by atoms with Crippen molar-refractivity contribution >= 4 is 21.6 Å². The van der Waals surface area contributed by atoms with Crippen LogP contribution in [0.5, 0.6) is 0 Å². The molecule has 7 nitrogen and oxygen atoms in total. The van der Waals surface area contributed by atoms with Gasteiger partial charge in [-0.1, -0.05) is 30.3 Å². The second-order valence-corrected chi connectivity index (χ2v) is 8.92. The highest BCUT2D eigenvalue weighted by molar-refractivity contribution is 7.18. The minimum atomic E-state index is -0.260. The van der Waals surface area contributed by atoms with Gasteiger partial charge in [0, 0.05) is 38.2 Å². The Hall–Kier alpha value is -2.26. The number of nitrogens with zero attached hydrogens (tertiary/aromatic N) is 3.